The average Bonchev–Trinajstić information content (AvgIpc) is 1.93. The van der Waals surface area contributed by atoms with E-state index in [2.05, 4.69) is 0 Å². The van der Waals surface area contributed by atoms with Crippen LogP contribution in [0.15, 0.2) is 0 Å². The minimum absolute atomic E-state index is 0. The van der Waals surface area contributed by atoms with Crippen LogP contribution in [0.3, 0.4) is 0 Å². The first-order valence-electron chi connectivity index (χ1n) is 3.99. The molecular weight excluding hydrogens is 158 g/mol. The van der Waals surface area contributed by atoms with Crippen LogP contribution in [0, 0.1) is 0 Å². The van der Waals surface area contributed by atoms with Gasteiger partial charge in [-0.2, -0.15) is 0 Å². The maximum atomic E-state index is 9.53. The van der Waals surface area contributed by atoms with Crippen LogP contribution in [-0.4, -0.2) is 13.2 Å². The summed E-state index contributed by atoms with van der Waals surface area (Å²) >= 11 is 0. The zero-order valence-corrected chi connectivity index (χ0v) is 11.1. The third kappa shape index (κ3) is 41.9. The van der Waals surface area contributed by atoms with Crippen molar-refractivity contribution in [1.82, 2.24) is 0 Å². The third-order valence-electron chi connectivity index (χ3n) is 0.996. The third-order valence-corrected chi connectivity index (χ3v) is 0.996. The van der Waals surface area contributed by atoms with Gasteiger partial charge in [0.25, 0.3) is 0 Å². The van der Waals surface area contributed by atoms with Gasteiger partial charge in [-0.05, 0) is 0 Å². The summed E-state index contributed by atoms with van der Waals surface area (Å²) in [6.07, 6.45) is 3.73. The van der Waals surface area contributed by atoms with Crippen molar-refractivity contribution in [2.75, 3.05) is 13.2 Å². The maximum absolute atomic E-state index is 9.53. The van der Waals surface area contributed by atoms with Crippen LogP contribution in [0.5, 0.6) is 0 Å². The second-order valence-corrected chi connectivity index (χ2v) is 2.12. The van der Waals surface area contributed by atoms with E-state index in [0.29, 0.717) is 0 Å². The molecule has 0 aliphatic heterocycles. The van der Waals surface area contributed by atoms with Gasteiger partial charge in [0.15, 0.2) is 0 Å². The predicted octanol–water partition coefficient (Wildman–Crippen LogP) is -5.70. The molecule has 0 heterocycles. The molecule has 4 heteroatoms. The zero-order valence-electron chi connectivity index (χ0n) is 9.06. The smallest absolute Gasteiger partial charge is 0.854 e. The van der Waals surface area contributed by atoms with Crippen LogP contribution in [0.1, 0.15) is 39.5 Å². The second-order valence-electron chi connectivity index (χ2n) is 2.12. The molecule has 0 aromatic heterocycles. The fraction of sp³-hybridized carbons (Fsp3) is 1.00. The minimum atomic E-state index is 0. The Morgan fingerprint density at radius 2 is 1.08 bits per heavy atom. The molecule has 0 amide bonds. The van der Waals surface area contributed by atoms with Crippen molar-refractivity contribution < 1.29 is 58.6 Å². The summed E-state index contributed by atoms with van der Waals surface area (Å²) in [5.74, 6) is 0. The van der Waals surface area contributed by atoms with Gasteiger partial charge in [-0.1, -0.05) is 39.5 Å². The second kappa shape index (κ2) is 29.4. The summed E-state index contributed by atoms with van der Waals surface area (Å²) in [6, 6.07) is 0. The molecule has 0 aromatic carbocycles. The normalized spacial score (nSPS) is 7.00. The Labute approximate surface area is 111 Å². The fourth-order valence-electron chi connectivity index (χ4n) is 0.289. The Morgan fingerprint density at radius 3 is 1.08 bits per heavy atom. The van der Waals surface area contributed by atoms with Crippen molar-refractivity contribution in [2.24, 2.45) is 0 Å². The van der Waals surface area contributed by atoms with Gasteiger partial charge in [0.05, 0.1) is 0 Å². The van der Waals surface area contributed by atoms with Gasteiger partial charge in [-0.3, -0.25) is 0 Å². The first-order valence-corrected chi connectivity index (χ1v) is 3.99. The van der Waals surface area contributed by atoms with Crippen molar-refractivity contribution in [3.8, 4) is 0 Å². The summed E-state index contributed by atoms with van der Waals surface area (Å²) in [4.78, 5) is 0. The molecule has 12 heavy (non-hydrogen) atoms. The van der Waals surface area contributed by atoms with Crippen molar-refractivity contribution in [1.29, 1.82) is 0 Å². The first-order chi connectivity index (χ1) is 4.83. The topological polar surface area (TPSA) is 46.1 Å². The van der Waals surface area contributed by atoms with Crippen LogP contribution < -0.4 is 58.6 Å². The van der Waals surface area contributed by atoms with E-state index in [1.54, 1.807) is 0 Å². The molecule has 0 unspecified atom stereocenters. The Bertz CT molecular complexity index is 38.0. The molecular formula is C8H18LiNaO2. The van der Waals surface area contributed by atoms with Gasteiger partial charge < -0.3 is 10.2 Å². The van der Waals surface area contributed by atoms with E-state index >= 15 is 0 Å². The molecule has 0 radical (unpaired) electrons. The van der Waals surface area contributed by atoms with Crippen LogP contribution in [0.25, 0.3) is 0 Å². The van der Waals surface area contributed by atoms with Crippen molar-refractivity contribution in [2.45, 2.75) is 39.5 Å². The minimum Gasteiger partial charge on any atom is -0.854 e. The number of rotatable bonds is 4. The SMILES string of the molecule is CCCC[O-].CCCC[O-].[Li+].[Na+]. The van der Waals surface area contributed by atoms with E-state index in [4.69, 9.17) is 0 Å². The molecule has 0 aliphatic rings. The molecule has 0 bridgehead atoms. The van der Waals surface area contributed by atoms with E-state index in [9.17, 15) is 10.2 Å². The number of hydrogen-bond acceptors (Lipinski definition) is 2. The van der Waals surface area contributed by atoms with E-state index in [1.807, 2.05) is 13.8 Å². The van der Waals surface area contributed by atoms with Gasteiger partial charge in [0.2, 0.25) is 0 Å². The molecule has 0 atom stereocenters. The maximum Gasteiger partial charge on any atom is 1.00 e. The molecule has 64 valence electrons. The molecule has 0 rings (SSSR count). The predicted molar refractivity (Wildman–Crippen MR) is 39.6 cm³/mol. The van der Waals surface area contributed by atoms with Crippen LogP contribution in [-0.2, 0) is 0 Å². The largest absolute Gasteiger partial charge is 1.00 e. The molecule has 0 saturated heterocycles. The molecule has 0 spiro atoms. The molecule has 0 saturated carbocycles. The van der Waals surface area contributed by atoms with E-state index in [-0.39, 0.29) is 61.6 Å². The van der Waals surface area contributed by atoms with Crippen molar-refractivity contribution in [3.63, 3.8) is 0 Å². The fourth-order valence-corrected chi connectivity index (χ4v) is 0.289. The van der Waals surface area contributed by atoms with Gasteiger partial charge in [0.1, 0.15) is 0 Å². The summed E-state index contributed by atoms with van der Waals surface area (Å²) in [6.45, 7) is 4.21. The average molecular weight is 176 g/mol. The van der Waals surface area contributed by atoms with Crippen LogP contribution in [0.4, 0.5) is 0 Å². The van der Waals surface area contributed by atoms with Gasteiger partial charge in [-0.25, -0.2) is 0 Å². The van der Waals surface area contributed by atoms with Crippen molar-refractivity contribution in [3.05, 3.63) is 0 Å². The van der Waals surface area contributed by atoms with Crippen LogP contribution >= 0.6 is 0 Å². The van der Waals surface area contributed by atoms with E-state index < -0.39 is 0 Å². The summed E-state index contributed by atoms with van der Waals surface area (Å²) in [5.41, 5.74) is 0. The number of unbranched alkanes of at least 4 members (excludes halogenated alkanes) is 2. The van der Waals surface area contributed by atoms with Crippen molar-refractivity contribution >= 4 is 0 Å². The standard InChI is InChI=1S/2C4H9O.Li.Na/c2*1-2-3-4-5;;/h2*2-4H2,1H3;;/q2*-1;2*+1. The molecule has 2 nitrogen and oxygen atoms in total. The molecule has 0 aliphatic carbocycles. The Kier molecular flexibility index (Phi) is 57.3. The molecule has 0 N–H and O–H groups in total. The first kappa shape index (κ1) is 23.4. The van der Waals surface area contributed by atoms with E-state index in [0.717, 1.165) is 25.7 Å². The summed E-state index contributed by atoms with van der Waals surface area (Å²) in [5, 5.41) is 19.1. The molecule has 0 fully saturated rings. The Morgan fingerprint density at radius 1 is 0.833 bits per heavy atom. The van der Waals surface area contributed by atoms with Gasteiger partial charge in [-0.15, -0.1) is 13.2 Å². The van der Waals surface area contributed by atoms with Gasteiger partial charge >= 0.3 is 48.4 Å². The Balaban J connectivity index is -0.0000000457. The monoisotopic (exact) mass is 176 g/mol. The summed E-state index contributed by atoms with van der Waals surface area (Å²) < 4.78 is 0. The quantitative estimate of drug-likeness (QED) is 0.401. The molecule has 0 aromatic rings. The zero-order chi connectivity index (χ0) is 8.24. The van der Waals surface area contributed by atoms with E-state index in [1.165, 1.54) is 0 Å². The Hall–Kier alpha value is 1.52. The summed E-state index contributed by atoms with van der Waals surface area (Å²) in [7, 11) is 0. The number of hydrogen-bond donors (Lipinski definition) is 0. The van der Waals surface area contributed by atoms with Gasteiger partial charge in [0, 0.05) is 0 Å². The van der Waals surface area contributed by atoms with Crippen LogP contribution in [0.2, 0.25) is 0 Å².